The maximum absolute atomic E-state index is 9.49. The Balaban J connectivity index is 1.46. The molecule has 1 aromatic heterocycles. The minimum atomic E-state index is -0.399. The van der Waals surface area contributed by atoms with Crippen LogP contribution < -0.4 is 10.6 Å². The van der Waals surface area contributed by atoms with Crippen LogP contribution in [-0.2, 0) is 13.1 Å². The second-order valence-corrected chi connectivity index (χ2v) is 5.69. The van der Waals surface area contributed by atoms with Gasteiger partial charge in [0.1, 0.15) is 5.82 Å². The average Bonchev–Trinajstić information content (AvgIpc) is 2.95. The van der Waals surface area contributed by atoms with Crippen LogP contribution in [-0.4, -0.2) is 28.0 Å². The van der Waals surface area contributed by atoms with Crippen LogP contribution in [0.1, 0.15) is 24.2 Å². The van der Waals surface area contributed by atoms with Crippen LogP contribution in [0.2, 0.25) is 0 Å². The molecule has 0 aliphatic carbocycles. The third-order valence-corrected chi connectivity index (χ3v) is 3.94. The lowest BCUT2D eigenvalue weighted by molar-refractivity contribution is 0.199. The summed E-state index contributed by atoms with van der Waals surface area (Å²) >= 11 is 0. The molecule has 2 heterocycles. The number of hydrogen-bond donors (Lipinski definition) is 3. The predicted octanol–water partition coefficient (Wildman–Crippen LogP) is 1.77. The molecule has 1 aromatic carbocycles. The molecule has 0 radical (unpaired) electrons. The van der Waals surface area contributed by atoms with Crippen molar-refractivity contribution in [3.8, 4) is 0 Å². The van der Waals surface area contributed by atoms with Gasteiger partial charge in [0, 0.05) is 38.2 Å². The Labute approximate surface area is 125 Å². The molecule has 0 spiro atoms. The lowest BCUT2D eigenvalue weighted by Gasteiger charge is -2.25. The van der Waals surface area contributed by atoms with E-state index < -0.39 is 6.10 Å². The minimum absolute atomic E-state index is 0.399. The van der Waals surface area contributed by atoms with Crippen molar-refractivity contribution in [3.05, 3.63) is 47.7 Å². The minimum Gasteiger partial charge on any atom is -0.389 e. The van der Waals surface area contributed by atoms with E-state index in [2.05, 4.69) is 27.9 Å². The van der Waals surface area contributed by atoms with Gasteiger partial charge in [0.05, 0.1) is 12.3 Å². The smallest absolute Gasteiger partial charge is 0.124 e. The quantitative estimate of drug-likeness (QED) is 0.784. The third kappa shape index (κ3) is 3.43. The normalized spacial score (nSPS) is 18.9. The molecule has 0 saturated carbocycles. The van der Waals surface area contributed by atoms with Crippen molar-refractivity contribution in [3.63, 3.8) is 0 Å². The Kier molecular flexibility index (Phi) is 4.22. The summed E-state index contributed by atoms with van der Waals surface area (Å²) in [5.74, 6) is 1.66. The molecular formula is C16H22N4O. The summed E-state index contributed by atoms with van der Waals surface area (Å²) in [5, 5.41) is 20.7. The van der Waals surface area contributed by atoms with Gasteiger partial charge in [0.15, 0.2) is 0 Å². The van der Waals surface area contributed by atoms with Gasteiger partial charge in [0.2, 0.25) is 0 Å². The fraction of sp³-hybridized carbons (Fsp3) is 0.438. The van der Waals surface area contributed by atoms with E-state index in [4.69, 9.17) is 0 Å². The van der Waals surface area contributed by atoms with Gasteiger partial charge >= 0.3 is 0 Å². The van der Waals surface area contributed by atoms with E-state index in [9.17, 15) is 5.11 Å². The molecule has 0 amide bonds. The van der Waals surface area contributed by atoms with Crippen LogP contribution in [0, 0.1) is 5.92 Å². The number of nitrogens with one attached hydrogen (secondary N) is 2. The first-order valence-electron chi connectivity index (χ1n) is 7.45. The summed E-state index contributed by atoms with van der Waals surface area (Å²) in [5.41, 5.74) is 2.20. The van der Waals surface area contributed by atoms with Crippen LogP contribution in [0.3, 0.4) is 0 Å². The molecule has 3 rings (SSSR count). The standard InChI is InChI=1S/C16H22N4O/c1-12(21)15-4-2-13(3-5-15)8-17-9-14-10-18-16-6-7-19-20(16)11-14/h2-7,12,14,17-18,21H,8-11H2,1H3. The van der Waals surface area contributed by atoms with Crippen molar-refractivity contribution in [2.24, 2.45) is 5.92 Å². The molecule has 0 saturated heterocycles. The SMILES string of the molecule is CC(O)c1ccc(CNCC2CNc3ccnn3C2)cc1. The molecular weight excluding hydrogens is 264 g/mol. The highest BCUT2D eigenvalue weighted by Gasteiger charge is 2.17. The van der Waals surface area contributed by atoms with E-state index in [1.807, 2.05) is 29.1 Å². The Morgan fingerprint density at radius 2 is 2.19 bits per heavy atom. The zero-order valence-corrected chi connectivity index (χ0v) is 12.3. The summed E-state index contributed by atoms with van der Waals surface area (Å²) in [4.78, 5) is 0. The highest BCUT2D eigenvalue weighted by atomic mass is 16.3. The number of aliphatic hydroxyl groups is 1. The maximum Gasteiger partial charge on any atom is 0.124 e. The van der Waals surface area contributed by atoms with E-state index in [0.717, 1.165) is 37.6 Å². The average molecular weight is 286 g/mol. The van der Waals surface area contributed by atoms with Gasteiger partial charge in [-0.05, 0) is 18.1 Å². The number of aromatic nitrogens is 2. The van der Waals surface area contributed by atoms with Crippen LogP contribution in [0.4, 0.5) is 5.82 Å². The summed E-state index contributed by atoms with van der Waals surface area (Å²) in [6, 6.07) is 10.1. The first-order valence-corrected chi connectivity index (χ1v) is 7.45. The number of benzene rings is 1. The van der Waals surface area contributed by atoms with E-state index in [0.29, 0.717) is 5.92 Å². The van der Waals surface area contributed by atoms with Gasteiger partial charge in [-0.15, -0.1) is 0 Å². The van der Waals surface area contributed by atoms with Gasteiger partial charge in [-0.1, -0.05) is 24.3 Å². The van der Waals surface area contributed by atoms with Crippen molar-refractivity contribution in [1.82, 2.24) is 15.1 Å². The van der Waals surface area contributed by atoms with Gasteiger partial charge in [-0.2, -0.15) is 5.10 Å². The van der Waals surface area contributed by atoms with Gasteiger partial charge in [0.25, 0.3) is 0 Å². The van der Waals surface area contributed by atoms with E-state index in [1.165, 1.54) is 5.56 Å². The zero-order valence-electron chi connectivity index (χ0n) is 12.3. The largest absolute Gasteiger partial charge is 0.389 e. The lowest BCUT2D eigenvalue weighted by atomic mass is 10.1. The van der Waals surface area contributed by atoms with Crippen LogP contribution in [0.15, 0.2) is 36.5 Å². The Bertz CT molecular complexity index is 576. The van der Waals surface area contributed by atoms with E-state index >= 15 is 0 Å². The van der Waals surface area contributed by atoms with Crippen LogP contribution in [0.5, 0.6) is 0 Å². The highest BCUT2D eigenvalue weighted by Crippen LogP contribution is 2.16. The van der Waals surface area contributed by atoms with Crippen molar-refractivity contribution < 1.29 is 5.11 Å². The second-order valence-electron chi connectivity index (χ2n) is 5.69. The molecule has 2 aromatic rings. The number of aliphatic hydroxyl groups excluding tert-OH is 1. The highest BCUT2D eigenvalue weighted by molar-refractivity contribution is 5.35. The number of rotatable bonds is 5. The molecule has 2 atom stereocenters. The molecule has 21 heavy (non-hydrogen) atoms. The fourth-order valence-corrected chi connectivity index (χ4v) is 2.66. The second kappa shape index (κ2) is 6.28. The number of hydrogen-bond acceptors (Lipinski definition) is 4. The summed E-state index contributed by atoms with van der Waals surface area (Å²) in [7, 11) is 0. The molecule has 5 heteroatoms. The molecule has 0 bridgehead atoms. The topological polar surface area (TPSA) is 62.1 Å². The van der Waals surface area contributed by atoms with Gasteiger partial charge in [-0.3, -0.25) is 0 Å². The summed E-state index contributed by atoms with van der Waals surface area (Å²) in [6.45, 7) is 5.54. The van der Waals surface area contributed by atoms with Crippen molar-refractivity contribution in [2.45, 2.75) is 26.1 Å². The first kappa shape index (κ1) is 14.1. The number of fused-ring (bicyclic) bond motifs is 1. The predicted molar refractivity (Wildman–Crippen MR) is 83.0 cm³/mol. The Morgan fingerprint density at radius 1 is 1.38 bits per heavy atom. The Morgan fingerprint density at radius 3 is 2.95 bits per heavy atom. The van der Waals surface area contributed by atoms with Crippen molar-refractivity contribution >= 4 is 5.82 Å². The maximum atomic E-state index is 9.49. The number of nitrogens with zero attached hydrogens (tertiary/aromatic N) is 2. The Hall–Kier alpha value is -1.85. The van der Waals surface area contributed by atoms with E-state index in [1.54, 1.807) is 6.92 Å². The fourth-order valence-electron chi connectivity index (χ4n) is 2.66. The summed E-state index contributed by atoms with van der Waals surface area (Å²) in [6.07, 6.45) is 1.44. The molecule has 1 aliphatic heterocycles. The van der Waals surface area contributed by atoms with Crippen LogP contribution in [0.25, 0.3) is 0 Å². The van der Waals surface area contributed by atoms with Gasteiger partial charge in [-0.25, -0.2) is 4.68 Å². The molecule has 112 valence electrons. The molecule has 3 N–H and O–H groups in total. The molecule has 0 fully saturated rings. The third-order valence-electron chi connectivity index (χ3n) is 3.94. The molecule has 1 aliphatic rings. The van der Waals surface area contributed by atoms with E-state index in [-0.39, 0.29) is 0 Å². The molecule has 2 unspecified atom stereocenters. The first-order chi connectivity index (χ1) is 10.2. The van der Waals surface area contributed by atoms with Gasteiger partial charge < -0.3 is 15.7 Å². The molecule has 5 nitrogen and oxygen atoms in total. The number of anilines is 1. The zero-order chi connectivity index (χ0) is 14.7. The van der Waals surface area contributed by atoms with Crippen LogP contribution >= 0.6 is 0 Å². The van der Waals surface area contributed by atoms with Crippen molar-refractivity contribution in [2.75, 3.05) is 18.4 Å². The summed E-state index contributed by atoms with van der Waals surface area (Å²) < 4.78 is 2.02. The van der Waals surface area contributed by atoms with Crippen molar-refractivity contribution in [1.29, 1.82) is 0 Å². The monoisotopic (exact) mass is 286 g/mol. The lowest BCUT2D eigenvalue weighted by Crippen LogP contribution is -2.35.